The summed E-state index contributed by atoms with van der Waals surface area (Å²) in [4.78, 5) is 0. The molecular formula is C12H21N3O. The van der Waals surface area contributed by atoms with E-state index in [1.165, 1.54) is 0 Å². The van der Waals surface area contributed by atoms with E-state index < -0.39 is 0 Å². The van der Waals surface area contributed by atoms with Gasteiger partial charge in [0.1, 0.15) is 0 Å². The second-order valence-electron chi connectivity index (χ2n) is 4.48. The molecule has 4 heteroatoms. The van der Waals surface area contributed by atoms with Crippen LogP contribution in [0.3, 0.4) is 0 Å². The van der Waals surface area contributed by atoms with Crippen molar-refractivity contribution in [1.82, 2.24) is 15.1 Å². The largest absolute Gasteiger partial charge is 0.378 e. The Hall–Kier alpha value is -0.870. The van der Waals surface area contributed by atoms with E-state index in [1.54, 1.807) is 0 Å². The van der Waals surface area contributed by atoms with Gasteiger partial charge in [0.2, 0.25) is 0 Å². The lowest BCUT2D eigenvalue weighted by Crippen LogP contribution is -2.38. The van der Waals surface area contributed by atoms with Gasteiger partial charge in [-0.3, -0.25) is 4.68 Å². The van der Waals surface area contributed by atoms with E-state index in [0.29, 0.717) is 12.1 Å². The van der Waals surface area contributed by atoms with Crippen LogP contribution in [0.5, 0.6) is 0 Å². The van der Waals surface area contributed by atoms with Gasteiger partial charge in [-0.1, -0.05) is 0 Å². The fourth-order valence-corrected chi connectivity index (χ4v) is 2.16. The van der Waals surface area contributed by atoms with Gasteiger partial charge in [0.15, 0.2) is 0 Å². The molecule has 4 nitrogen and oxygen atoms in total. The number of hydrogen-bond donors (Lipinski definition) is 1. The molecule has 0 radical (unpaired) electrons. The summed E-state index contributed by atoms with van der Waals surface area (Å²) in [6, 6.07) is 2.61. The molecule has 0 amide bonds. The van der Waals surface area contributed by atoms with Crippen LogP contribution in [0.4, 0.5) is 0 Å². The highest BCUT2D eigenvalue weighted by Crippen LogP contribution is 2.12. The molecule has 1 aromatic heterocycles. The quantitative estimate of drug-likeness (QED) is 0.768. The summed E-state index contributed by atoms with van der Waals surface area (Å²) in [6.07, 6.45) is 7.67. The van der Waals surface area contributed by atoms with Gasteiger partial charge in [-0.15, -0.1) is 0 Å². The molecule has 2 rings (SSSR count). The van der Waals surface area contributed by atoms with E-state index in [-0.39, 0.29) is 0 Å². The summed E-state index contributed by atoms with van der Waals surface area (Å²) in [5, 5.41) is 7.77. The Balaban J connectivity index is 1.57. The second kappa shape index (κ2) is 6.01. The molecule has 16 heavy (non-hydrogen) atoms. The van der Waals surface area contributed by atoms with Crippen LogP contribution in [0, 0.1) is 0 Å². The van der Waals surface area contributed by atoms with Crippen LogP contribution in [0.1, 0.15) is 26.2 Å². The number of nitrogens with zero attached hydrogens (tertiary/aromatic N) is 2. The highest BCUT2D eigenvalue weighted by molar-refractivity contribution is 4.78. The number of rotatable bonds is 5. The van der Waals surface area contributed by atoms with Crippen LogP contribution in [-0.2, 0) is 11.3 Å². The molecule has 1 N–H and O–H groups in total. The predicted molar refractivity (Wildman–Crippen MR) is 63.3 cm³/mol. The topological polar surface area (TPSA) is 39.1 Å². The molecule has 0 aliphatic carbocycles. The van der Waals surface area contributed by atoms with Crippen molar-refractivity contribution in [3.63, 3.8) is 0 Å². The first kappa shape index (κ1) is 11.6. The molecule has 1 aliphatic rings. The number of nitrogens with one attached hydrogen (secondary N) is 1. The first-order valence-corrected chi connectivity index (χ1v) is 6.17. The van der Waals surface area contributed by atoms with E-state index in [1.807, 2.05) is 23.1 Å². The lowest BCUT2D eigenvalue weighted by Gasteiger charge is -2.28. The molecule has 90 valence electrons. The van der Waals surface area contributed by atoms with Gasteiger partial charge in [0, 0.05) is 31.6 Å². The van der Waals surface area contributed by atoms with Crippen LogP contribution in [0.2, 0.25) is 0 Å². The van der Waals surface area contributed by atoms with Gasteiger partial charge in [0.25, 0.3) is 0 Å². The van der Waals surface area contributed by atoms with Gasteiger partial charge in [0.05, 0.1) is 6.10 Å². The third kappa shape index (κ3) is 3.61. The molecule has 0 saturated carbocycles. The first-order valence-electron chi connectivity index (χ1n) is 6.17. The van der Waals surface area contributed by atoms with E-state index in [0.717, 1.165) is 39.0 Å². The highest BCUT2D eigenvalue weighted by Gasteiger charge is 2.17. The minimum atomic E-state index is 0.414. The molecule has 1 saturated heterocycles. The monoisotopic (exact) mass is 223 g/mol. The SMILES string of the molecule is CC1CC(NCCCn2cccn2)CCO1. The van der Waals surface area contributed by atoms with Crippen LogP contribution in [0.15, 0.2) is 18.5 Å². The van der Waals surface area contributed by atoms with Gasteiger partial charge >= 0.3 is 0 Å². The summed E-state index contributed by atoms with van der Waals surface area (Å²) in [5.41, 5.74) is 0. The van der Waals surface area contributed by atoms with Crippen molar-refractivity contribution in [3.05, 3.63) is 18.5 Å². The number of aromatic nitrogens is 2. The zero-order valence-electron chi connectivity index (χ0n) is 9.93. The summed E-state index contributed by atoms with van der Waals surface area (Å²) in [7, 11) is 0. The van der Waals surface area contributed by atoms with Gasteiger partial charge in [-0.2, -0.15) is 5.10 Å². The minimum Gasteiger partial charge on any atom is -0.378 e. The Kier molecular flexibility index (Phi) is 4.36. The van der Waals surface area contributed by atoms with Crippen molar-refractivity contribution in [2.24, 2.45) is 0 Å². The van der Waals surface area contributed by atoms with Crippen molar-refractivity contribution >= 4 is 0 Å². The van der Waals surface area contributed by atoms with E-state index >= 15 is 0 Å². The summed E-state index contributed by atoms with van der Waals surface area (Å²) < 4.78 is 7.50. The molecule has 2 unspecified atom stereocenters. The Morgan fingerprint density at radius 1 is 1.56 bits per heavy atom. The predicted octanol–water partition coefficient (Wildman–Crippen LogP) is 1.43. The highest BCUT2D eigenvalue weighted by atomic mass is 16.5. The molecule has 0 aromatic carbocycles. The molecule has 1 aromatic rings. The maximum absolute atomic E-state index is 5.52. The standard InChI is InChI=1S/C12H21N3O/c1-11-10-12(4-9-16-11)13-5-2-7-15-8-3-6-14-15/h3,6,8,11-13H,2,4-5,7,9-10H2,1H3. The van der Waals surface area contributed by atoms with Gasteiger partial charge in [-0.05, 0) is 38.8 Å². The lowest BCUT2D eigenvalue weighted by molar-refractivity contribution is 0.0133. The molecule has 1 fully saturated rings. The Labute approximate surface area is 97.0 Å². The van der Waals surface area contributed by atoms with Gasteiger partial charge in [-0.25, -0.2) is 0 Å². The van der Waals surface area contributed by atoms with Crippen LogP contribution >= 0.6 is 0 Å². The third-order valence-corrected chi connectivity index (χ3v) is 3.04. The van der Waals surface area contributed by atoms with Crippen molar-refractivity contribution in [2.45, 2.75) is 44.9 Å². The zero-order chi connectivity index (χ0) is 11.2. The smallest absolute Gasteiger partial charge is 0.0561 e. The normalized spacial score (nSPS) is 25.8. The molecule has 2 atom stereocenters. The Morgan fingerprint density at radius 3 is 3.25 bits per heavy atom. The summed E-state index contributed by atoms with van der Waals surface area (Å²) >= 11 is 0. The Bertz CT molecular complexity index is 286. The maximum atomic E-state index is 5.52. The fraction of sp³-hybridized carbons (Fsp3) is 0.750. The van der Waals surface area contributed by atoms with E-state index in [2.05, 4.69) is 17.3 Å². The molecule has 2 heterocycles. The van der Waals surface area contributed by atoms with Crippen molar-refractivity contribution < 1.29 is 4.74 Å². The van der Waals surface area contributed by atoms with Crippen LogP contribution < -0.4 is 5.32 Å². The van der Waals surface area contributed by atoms with E-state index in [9.17, 15) is 0 Å². The van der Waals surface area contributed by atoms with Crippen molar-refractivity contribution in [1.29, 1.82) is 0 Å². The zero-order valence-corrected chi connectivity index (χ0v) is 9.93. The summed E-state index contributed by atoms with van der Waals surface area (Å²) in [6.45, 7) is 5.12. The maximum Gasteiger partial charge on any atom is 0.0561 e. The number of aryl methyl sites for hydroxylation is 1. The lowest BCUT2D eigenvalue weighted by atomic mass is 10.0. The first-order chi connectivity index (χ1) is 7.84. The molecule has 1 aliphatic heterocycles. The minimum absolute atomic E-state index is 0.414. The van der Waals surface area contributed by atoms with Crippen molar-refractivity contribution in [3.8, 4) is 0 Å². The van der Waals surface area contributed by atoms with Crippen LogP contribution in [-0.4, -0.2) is 35.1 Å². The van der Waals surface area contributed by atoms with Gasteiger partial charge < -0.3 is 10.1 Å². The van der Waals surface area contributed by atoms with Crippen molar-refractivity contribution in [2.75, 3.05) is 13.2 Å². The molecular weight excluding hydrogens is 202 g/mol. The molecule has 0 spiro atoms. The average Bonchev–Trinajstić information content (AvgIpc) is 2.77. The second-order valence-corrected chi connectivity index (χ2v) is 4.48. The average molecular weight is 223 g/mol. The number of ether oxygens (including phenoxy) is 1. The van der Waals surface area contributed by atoms with E-state index in [4.69, 9.17) is 4.74 Å². The number of hydrogen-bond acceptors (Lipinski definition) is 3. The summed E-state index contributed by atoms with van der Waals surface area (Å²) in [5.74, 6) is 0. The third-order valence-electron chi connectivity index (χ3n) is 3.04. The Morgan fingerprint density at radius 2 is 2.50 bits per heavy atom. The van der Waals surface area contributed by atoms with Crippen LogP contribution in [0.25, 0.3) is 0 Å². The molecule has 0 bridgehead atoms. The fourth-order valence-electron chi connectivity index (χ4n) is 2.16.